The summed E-state index contributed by atoms with van der Waals surface area (Å²) in [6, 6.07) is 1.57. The summed E-state index contributed by atoms with van der Waals surface area (Å²) in [5.41, 5.74) is -0.702. The zero-order valence-corrected chi connectivity index (χ0v) is 9.95. The average Bonchev–Trinajstić information content (AvgIpc) is 3.11. The molecule has 0 bridgehead atoms. The van der Waals surface area contributed by atoms with Crippen molar-refractivity contribution in [1.29, 1.82) is 0 Å². The van der Waals surface area contributed by atoms with Crippen molar-refractivity contribution >= 4 is 11.4 Å². The lowest BCUT2D eigenvalue weighted by atomic mass is 10.1. The fourth-order valence-electron chi connectivity index (χ4n) is 2.04. The Balaban J connectivity index is 2.26. The summed E-state index contributed by atoms with van der Waals surface area (Å²) in [5.74, 6) is -1.46. The van der Waals surface area contributed by atoms with E-state index >= 15 is 0 Å². The molecule has 1 unspecified atom stereocenters. The molecule has 1 aliphatic rings. The van der Waals surface area contributed by atoms with Gasteiger partial charge in [0.05, 0.1) is 10.6 Å². The van der Waals surface area contributed by atoms with Gasteiger partial charge in [0.1, 0.15) is 5.82 Å². The highest BCUT2D eigenvalue weighted by atomic mass is 19.1. The molecular weight excluding hydrogens is 242 g/mol. The van der Waals surface area contributed by atoms with Gasteiger partial charge in [-0.05, 0) is 25.2 Å². The average molecular weight is 256 g/mol. The van der Waals surface area contributed by atoms with Crippen LogP contribution in [0.1, 0.15) is 26.2 Å². The smallest absolute Gasteiger partial charge is 0.307 e. The number of hydrogen-bond donors (Lipinski definition) is 1. The summed E-state index contributed by atoms with van der Waals surface area (Å²) >= 11 is 0. The van der Waals surface area contributed by atoms with Crippen LogP contribution in [-0.2, 0) is 0 Å². The third kappa shape index (κ3) is 2.57. The quantitative estimate of drug-likeness (QED) is 0.648. The summed E-state index contributed by atoms with van der Waals surface area (Å²) in [4.78, 5) is 9.75. The van der Waals surface area contributed by atoms with Gasteiger partial charge in [-0.2, -0.15) is 4.39 Å². The third-order valence-electron chi connectivity index (χ3n) is 3.20. The number of nitro benzene ring substituents is 1. The molecule has 1 aliphatic carbocycles. The summed E-state index contributed by atoms with van der Waals surface area (Å²) in [5, 5.41) is 13.5. The number of nitrogens with one attached hydrogen (secondary N) is 1. The van der Waals surface area contributed by atoms with Gasteiger partial charge in [0, 0.05) is 18.2 Å². The Bertz CT molecular complexity index is 475. The standard InChI is InChI=1S/C12H14F2N2O2/c1-2-10(7-3-4-7)15-11-6-12(16(17)18)9(14)5-8(11)13/h5-7,10,15H,2-4H2,1H3. The molecule has 6 heteroatoms. The lowest BCUT2D eigenvalue weighted by Crippen LogP contribution is -2.21. The van der Waals surface area contributed by atoms with E-state index in [0.717, 1.165) is 25.3 Å². The Labute approximate surface area is 103 Å². The van der Waals surface area contributed by atoms with Gasteiger partial charge in [-0.15, -0.1) is 0 Å². The van der Waals surface area contributed by atoms with Gasteiger partial charge in [0.15, 0.2) is 0 Å². The number of hydrogen-bond acceptors (Lipinski definition) is 3. The SMILES string of the molecule is CCC(Nc1cc([N+](=O)[O-])c(F)cc1F)C1CC1. The van der Waals surface area contributed by atoms with Crippen LogP contribution >= 0.6 is 0 Å². The van der Waals surface area contributed by atoms with Gasteiger partial charge in [-0.25, -0.2) is 4.39 Å². The van der Waals surface area contributed by atoms with E-state index in [-0.39, 0.29) is 11.7 Å². The second kappa shape index (κ2) is 4.88. The number of nitrogens with zero attached hydrogens (tertiary/aromatic N) is 1. The van der Waals surface area contributed by atoms with E-state index in [2.05, 4.69) is 5.32 Å². The van der Waals surface area contributed by atoms with E-state index in [9.17, 15) is 18.9 Å². The summed E-state index contributed by atoms with van der Waals surface area (Å²) < 4.78 is 26.7. The van der Waals surface area contributed by atoms with E-state index in [4.69, 9.17) is 0 Å². The lowest BCUT2D eigenvalue weighted by molar-refractivity contribution is -0.387. The normalized spacial score (nSPS) is 16.4. The predicted octanol–water partition coefficient (Wildman–Crippen LogP) is 3.47. The van der Waals surface area contributed by atoms with Crippen LogP contribution in [0.2, 0.25) is 0 Å². The van der Waals surface area contributed by atoms with Crippen LogP contribution in [0, 0.1) is 27.7 Å². The van der Waals surface area contributed by atoms with Crippen LogP contribution in [-0.4, -0.2) is 11.0 Å². The number of halogens is 2. The van der Waals surface area contributed by atoms with E-state index < -0.39 is 22.2 Å². The van der Waals surface area contributed by atoms with Gasteiger partial charge < -0.3 is 5.32 Å². The van der Waals surface area contributed by atoms with Crippen molar-refractivity contribution in [2.45, 2.75) is 32.2 Å². The molecule has 1 aromatic rings. The van der Waals surface area contributed by atoms with Gasteiger partial charge in [0.25, 0.3) is 0 Å². The molecule has 1 aromatic carbocycles. The van der Waals surface area contributed by atoms with Crippen molar-refractivity contribution in [3.63, 3.8) is 0 Å². The monoisotopic (exact) mass is 256 g/mol. The lowest BCUT2D eigenvalue weighted by Gasteiger charge is -2.18. The van der Waals surface area contributed by atoms with Crippen LogP contribution in [0.25, 0.3) is 0 Å². The Kier molecular flexibility index (Phi) is 3.45. The molecule has 0 aromatic heterocycles. The maximum atomic E-state index is 13.5. The molecular formula is C12H14F2N2O2. The summed E-state index contributed by atoms with van der Waals surface area (Å²) in [6.07, 6.45) is 2.96. The van der Waals surface area contributed by atoms with Crippen LogP contribution in [0.4, 0.5) is 20.2 Å². The largest absolute Gasteiger partial charge is 0.379 e. The van der Waals surface area contributed by atoms with Crippen molar-refractivity contribution in [2.24, 2.45) is 5.92 Å². The number of nitro groups is 1. The zero-order chi connectivity index (χ0) is 13.3. The molecule has 0 aliphatic heterocycles. The first kappa shape index (κ1) is 12.7. The predicted molar refractivity (Wildman–Crippen MR) is 63.4 cm³/mol. The summed E-state index contributed by atoms with van der Waals surface area (Å²) in [7, 11) is 0. The molecule has 1 atom stereocenters. The molecule has 0 saturated heterocycles. The first-order chi connectivity index (χ1) is 8.52. The first-order valence-corrected chi connectivity index (χ1v) is 5.93. The van der Waals surface area contributed by atoms with Crippen LogP contribution in [0.15, 0.2) is 12.1 Å². The van der Waals surface area contributed by atoms with Gasteiger partial charge in [0.2, 0.25) is 5.82 Å². The minimum absolute atomic E-state index is 0.00171. The Morgan fingerprint density at radius 3 is 2.61 bits per heavy atom. The maximum absolute atomic E-state index is 13.5. The molecule has 0 radical (unpaired) electrons. The van der Waals surface area contributed by atoms with Crippen LogP contribution in [0.3, 0.4) is 0 Å². The number of rotatable bonds is 5. The summed E-state index contributed by atoms with van der Waals surface area (Å²) in [6.45, 7) is 1.96. The van der Waals surface area contributed by atoms with Crippen LogP contribution in [0.5, 0.6) is 0 Å². The van der Waals surface area contributed by atoms with Crippen molar-refractivity contribution in [3.8, 4) is 0 Å². The van der Waals surface area contributed by atoms with E-state index in [1.807, 2.05) is 6.92 Å². The topological polar surface area (TPSA) is 55.2 Å². The molecule has 1 fully saturated rings. The van der Waals surface area contributed by atoms with E-state index in [1.54, 1.807) is 0 Å². The van der Waals surface area contributed by atoms with Crippen molar-refractivity contribution in [1.82, 2.24) is 0 Å². The molecule has 1 saturated carbocycles. The van der Waals surface area contributed by atoms with Gasteiger partial charge in [-0.3, -0.25) is 10.1 Å². The number of benzene rings is 1. The second-order valence-electron chi connectivity index (χ2n) is 4.54. The van der Waals surface area contributed by atoms with Crippen molar-refractivity contribution < 1.29 is 13.7 Å². The molecule has 4 nitrogen and oxygen atoms in total. The van der Waals surface area contributed by atoms with Crippen molar-refractivity contribution in [3.05, 3.63) is 33.9 Å². The minimum atomic E-state index is -1.15. The second-order valence-corrected chi connectivity index (χ2v) is 4.54. The highest BCUT2D eigenvalue weighted by Crippen LogP contribution is 2.36. The number of anilines is 1. The van der Waals surface area contributed by atoms with Gasteiger partial charge >= 0.3 is 5.69 Å². The molecule has 0 spiro atoms. The van der Waals surface area contributed by atoms with Crippen molar-refractivity contribution in [2.75, 3.05) is 5.32 Å². The fraction of sp³-hybridized carbons (Fsp3) is 0.500. The highest BCUT2D eigenvalue weighted by molar-refractivity contribution is 5.53. The molecule has 18 heavy (non-hydrogen) atoms. The fourth-order valence-corrected chi connectivity index (χ4v) is 2.04. The Hall–Kier alpha value is -1.72. The van der Waals surface area contributed by atoms with Gasteiger partial charge in [-0.1, -0.05) is 6.92 Å². The Morgan fingerprint density at radius 1 is 1.44 bits per heavy atom. The maximum Gasteiger partial charge on any atom is 0.307 e. The molecule has 1 N–H and O–H groups in total. The van der Waals surface area contributed by atoms with E-state index in [1.165, 1.54) is 0 Å². The molecule has 2 rings (SSSR count). The van der Waals surface area contributed by atoms with Crippen LogP contribution < -0.4 is 5.32 Å². The Morgan fingerprint density at radius 2 is 2.11 bits per heavy atom. The highest BCUT2D eigenvalue weighted by Gasteiger charge is 2.31. The van der Waals surface area contributed by atoms with E-state index in [0.29, 0.717) is 12.0 Å². The third-order valence-corrected chi connectivity index (χ3v) is 3.20. The molecule has 98 valence electrons. The molecule has 0 heterocycles. The zero-order valence-electron chi connectivity index (χ0n) is 9.95. The minimum Gasteiger partial charge on any atom is -0.379 e. The molecule has 0 amide bonds. The first-order valence-electron chi connectivity index (χ1n) is 5.93.